The van der Waals surface area contributed by atoms with Crippen LogP contribution in [0, 0.1) is 0 Å². The van der Waals surface area contributed by atoms with Gasteiger partial charge in [0.05, 0.1) is 0 Å². The quantitative estimate of drug-likeness (QED) is 0.530. The normalized spacial score (nSPS) is 26.9. The molecule has 1 aliphatic rings. The minimum atomic E-state index is -1.67. The number of carbonyl (C=O) groups excluding carboxylic acids is 1. The molecule has 1 fully saturated rings. The van der Waals surface area contributed by atoms with Crippen molar-refractivity contribution in [3.05, 3.63) is 0 Å². The molecule has 2 heteroatoms. The Labute approximate surface area is 79.8 Å². The molecule has 0 bridgehead atoms. The number of carbonyl (C=O) groups is 1. The second-order valence-corrected chi connectivity index (χ2v) is 20.9. The molecule has 1 rings (SSSR count). The molecular formula is C10H20OSn. The van der Waals surface area contributed by atoms with E-state index in [0.29, 0.717) is 5.78 Å². The fraction of sp³-hybridized carbons (Fsp3) is 0.900. The van der Waals surface area contributed by atoms with E-state index in [-0.39, 0.29) is 0 Å². The van der Waals surface area contributed by atoms with Gasteiger partial charge in [-0.15, -0.1) is 0 Å². The van der Waals surface area contributed by atoms with Crippen molar-refractivity contribution >= 4 is 24.2 Å². The van der Waals surface area contributed by atoms with Crippen LogP contribution in [0.15, 0.2) is 0 Å². The van der Waals surface area contributed by atoms with Crippen molar-refractivity contribution in [1.82, 2.24) is 0 Å². The summed E-state index contributed by atoms with van der Waals surface area (Å²) < 4.78 is 0.964. The molecule has 0 radical (unpaired) electrons. The summed E-state index contributed by atoms with van der Waals surface area (Å²) in [7, 11) is 0. The van der Waals surface area contributed by atoms with Crippen molar-refractivity contribution in [2.45, 2.75) is 50.9 Å². The molecule has 1 atom stereocenters. The van der Waals surface area contributed by atoms with Gasteiger partial charge in [-0.05, 0) is 0 Å². The SMILES string of the molecule is [CH3][Sn]([CH3])([CH3])[CH]1CCCC(=O)CC1. The zero-order valence-corrected chi connectivity index (χ0v) is 11.4. The summed E-state index contributed by atoms with van der Waals surface area (Å²) in [5.41, 5.74) is 0. The summed E-state index contributed by atoms with van der Waals surface area (Å²) in [5.74, 6) is 0.507. The molecule has 0 amide bonds. The van der Waals surface area contributed by atoms with Gasteiger partial charge in [0, 0.05) is 0 Å². The van der Waals surface area contributed by atoms with Gasteiger partial charge in [0.2, 0.25) is 0 Å². The molecule has 0 aromatic heterocycles. The van der Waals surface area contributed by atoms with E-state index in [9.17, 15) is 4.79 Å². The Hall–Kier alpha value is 0.469. The third kappa shape index (κ3) is 3.08. The molecule has 1 aliphatic carbocycles. The Morgan fingerprint density at radius 3 is 2.42 bits per heavy atom. The maximum atomic E-state index is 11.2. The van der Waals surface area contributed by atoms with Crippen molar-refractivity contribution in [3.63, 3.8) is 0 Å². The van der Waals surface area contributed by atoms with Crippen LogP contribution >= 0.6 is 0 Å². The molecule has 0 heterocycles. The van der Waals surface area contributed by atoms with E-state index in [1.807, 2.05) is 0 Å². The number of hydrogen-bond acceptors (Lipinski definition) is 1. The zero-order valence-electron chi connectivity index (χ0n) is 8.52. The molecule has 0 spiro atoms. The predicted molar refractivity (Wildman–Crippen MR) is 55.2 cm³/mol. The Kier molecular flexibility index (Phi) is 3.62. The molecule has 0 aromatic rings. The monoisotopic (exact) mass is 276 g/mol. The first kappa shape index (κ1) is 10.5. The summed E-state index contributed by atoms with van der Waals surface area (Å²) in [6.07, 6.45) is 5.44. The van der Waals surface area contributed by atoms with Gasteiger partial charge in [-0.2, -0.15) is 0 Å². The summed E-state index contributed by atoms with van der Waals surface area (Å²) in [6, 6.07) is 0. The van der Waals surface area contributed by atoms with Crippen molar-refractivity contribution in [2.75, 3.05) is 0 Å². The van der Waals surface area contributed by atoms with Gasteiger partial charge in [0.1, 0.15) is 0 Å². The summed E-state index contributed by atoms with van der Waals surface area (Å²) >= 11 is -1.67. The predicted octanol–water partition coefficient (Wildman–Crippen LogP) is 3.23. The Morgan fingerprint density at radius 2 is 1.83 bits per heavy atom. The molecule has 1 nitrogen and oxygen atoms in total. The van der Waals surface area contributed by atoms with E-state index >= 15 is 0 Å². The van der Waals surface area contributed by atoms with Crippen molar-refractivity contribution in [2.24, 2.45) is 0 Å². The van der Waals surface area contributed by atoms with E-state index < -0.39 is 18.4 Å². The van der Waals surface area contributed by atoms with Gasteiger partial charge in [0.15, 0.2) is 0 Å². The van der Waals surface area contributed by atoms with Gasteiger partial charge < -0.3 is 0 Å². The van der Waals surface area contributed by atoms with E-state index in [2.05, 4.69) is 14.8 Å². The van der Waals surface area contributed by atoms with Crippen molar-refractivity contribution < 1.29 is 4.79 Å². The number of Topliss-reactive ketones (excluding diaryl/α,β-unsaturated/α-hetero) is 1. The van der Waals surface area contributed by atoms with Gasteiger partial charge in [-0.3, -0.25) is 0 Å². The van der Waals surface area contributed by atoms with Crippen LogP contribution in [0.4, 0.5) is 0 Å². The third-order valence-electron chi connectivity index (χ3n) is 3.00. The first-order valence-electron chi connectivity index (χ1n) is 5.02. The molecule has 12 heavy (non-hydrogen) atoms. The second-order valence-electron chi connectivity index (χ2n) is 5.03. The van der Waals surface area contributed by atoms with Crippen molar-refractivity contribution in [3.8, 4) is 0 Å². The van der Waals surface area contributed by atoms with Gasteiger partial charge in [-0.1, -0.05) is 0 Å². The summed E-state index contributed by atoms with van der Waals surface area (Å²) in [4.78, 5) is 18.7. The minimum absolute atomic E-state index is 0.507. The van der Waals surface area contributed by atoms with Crippen LogP contribution in [0.1, 0.15) is 32.1 Å². The Balaban J connectivity index is 2.52. The van der Waals surface area contributed by atoms with Gasteiger partial charge >= 0.3 is 79.8 Å². The molecule has 1 saturated carbocycles. The fourth-order valence-corrected chi connectivity index (χ4v) is 7.95. The first-order chi connectivity index (χ1) is 5.50. The van der Waals surface area contributed by atoms with E-state index in [4.69, 9.17) is 0 Å². The third-order valence-corrected chi connectivity index (χ3v) is 11.6. The van der Waals surface area contributed by atoms with Crippen LogP contribution in [0.25, 0.3) is 0 Å². The molecule has 1 unspecified atom stereocenters. The maximum absolute atomic E-state index is 11.2. The second kappa shape index (κ2) is 4.12. The Morgan fingerprint density at radius 1 is 1.17 bits per heavy atom. The van der Waals surface area contributed by atoms with E-state index in [0.717, 1.165) is 23.2 Å². The number of rotatable bonds is 1. The summed E-state index contributed by atoms with van der Waals surface area (Å²) in [6.45, 7) is 0. The Bertz CT molecular complexity index is 169. The molecule has 0 aromatic carbocycles. The topological polar surface area (TPSA) is 17.1 Å². The molecule has 70 valence electrons. The van der Waals surface area contributed by atoms with Gasteiger partial charge in [-0.25, -0.2) is 0 Å². The molecule has 0 N–H and O–H groups in total. The van der Waals surface area contributed by atoms with Crippen LogP contribution < -0.4 is 0 Å². The molecular weight excluding hydrogens is 255 g/mol. The average molecular weight is 275 g/mol. The standard InChI is InChI=1S/C7H11O.3CH3.Sn/c8-7-5-3-1-2-4-6-7;;;;/h1H,2-6H2;3*1H3;. The summed E-state index contributed by atoms with van der Waals surface area (Å²) in [5, 5.41) is 0. The van der Waals surface area contributed by atoms with E-state index in [1.165, 1.54) is 12.8 Å². The van der Waals surface area contributed by atoms with E-state index in [1.54, 1.807) is 0 Å². The number of hydrogen-bond donors (Lipinski definition) is 0. The van der Waals surface area contributed by atoms with Crippen LogP contribution in [0.2, 0.25) is 18.8 Å². The van der Waals surface area contributed by atoms with Crippen LogP contribution in [-0.4, -0.2) is 24.2 Å². The van der Waals surface area contributed by atoms with Crippen LogP contribution in [0.5, 0.6) is 0 Å². The number of ketones is 1. The van der Waals surface area contributed by atoms with Crippen LogP contribution in [-0.2, 0) is 4.79 Å². The molecule has 0 saturated heterocycles. The average Bonchev–Trinajstić information content (AvgIpc) is 2.11. The zero-order chi connectivity index (χ0) is 9.19. The molecule has 0 aliphatic heterocycles. The first-order valence-corrected chi connectivity index (χ1v) is 15.2. The fourth-order valence-electron chi connectivity index (χ4n) is 2.02. The van der Waals surface area contributed by atoms with Gasteiger partial charge in [0.25, 0.3) is 0 Å². The van der Waals surface area contributed by atoms with Crippen LogP contribution in [0.3, 0.4) is 0 Å². The van der Waals surface area contributed by atoms with Crippen molar-refractivity contribution in [1.29, 1.82) is 0 Å².